The number of benzene rings is 4. The second-order valence-electron chi connectivity index (χ2n) is 10.7. The summed E-state index contributed by atoms with van der Waals surface area (Å²) in [5.74, 6) is 1.18. The molecular formula is C35H34BrNO2. The number of hydrogen-bond acceptors (Lipinski definition) is 3. The van der Waals surface area contributed by atoms with Crippen LogP contribution in [-0.4, -0.2) is 19.3 Å². The maximum atomic E-state index is 11.5. The Bertz CT molecular complexity index is 1610. The van der Waals surface area contributed by atoms with Crippen LogP contribution < -0.4 is 0 Å². The lowest BCUT2D eigenvalue weighted by Crippen LogP contribution is -2.12. The average Bonchev–Trinajstić information content (AvgIpc) is 2.92. The summed E-state index contributed by atoms with van der Waals surface area (Å²) in [5.41, 5.74) is 5.50. The number of esters is 1. The molecule has 1 aliphatic carbocycles. The maximum absolute atomic E-state index is 11.5. The molecule has 0 amide bonds. The minimum Gasteiger partial charge on any atom is -0.465 e. The van der Waals surface area contributed by atoms with Gasteiger partial charge in [-0.25, -0.2) is 4.79 Å². The molecule has 0 saturated carbocycles. The molecule has 2 aliphatic rings. The molecule has 0 bridgehead atoms. The first-order chi connectivity index (χ1) is 18.9. The Morgan fingerprint density at radius 2 is 1.82 bits per heavy atom. The van der Waals surface area contributed by atoms with Crippen LogP contribution in [0, 0.1) is 5.92 Å². The molecule has 4 heteroatoms. The number of methoxy groups -OCH3 is 1. The van der Waals surface area contributed by atoms with Crippen molar-refractivity contribution in [1.82, 2.24) is 0 Å². The highest BCUT2D eigenvalue weighted by atomic mass is 79.9. The van der Waals surface area contributed by atoms with Crippen LogP contribution >= 0.6 is 15.9 Å². The summed E-state index contributed by atoms with van der Waals surface area (Å²) in [6, 6.07) is 23.7. The fraction of sp³-hybridized carbons (Fsp3) is 0.257. The van der Waals surface area contributed by atoms with Crippen molar-refractivity contribution in [3.05, 3.63) is 106 Å². The van der Waals surface area contributed by atoms with Crippen LogP contribution in [0.25, 0.3) is 27.6 Å². The second-order valence-corrected chi connectivity index (χ2v) is 11.6. The van der Waals surface area contributed by atoms with E-state index >= 15 is 0 Å². The van der Waals surface area contributed by atoms with Crippen molar-refractivity contribution in [2.24, 2.45) is 10.9 Å². The van der Waals surface area contributed by atoms with Crippen molar-refractivity contribution in [1.29, 1.82) is 0 Å². The Labute approximate surface area is 239 Å². The standard InChI is InChI=1S/C22H23Br.C13H11NO2/c1-14(2)12-15-4-3-5-20-19(15)10-11-21-18-9-7-17(23)13-16(18)6-8-22(20)21;1-16-13(15)11-6-4-8-14-12-7-3-2-5-10(12)9-11/h6-11,13-15H,3-5,12H2,1-2H3;2-9H,1H3. The fourth-order valence-corrected chi connectivity index (χ4v) is 6.19. The molecule has 4 aromatic rings. The molecule has 0 spiro atoms. The monoisotopic (exact) mass is 579 g/mol. The number of fused-ring (bicyclic) bond motifs is 6. The van der Waals surface area contributed by atoms with Gasteiger partial charge in [0.1, 0.15) is 0 Å². The van der Waals surface area contributed by atoms with E-state index in [1.807, 2.05) is 24.3 Å². The lowest BCUT2D eigenvalue weighted by atomic mass is 9.77. The van der Waals surface area contributed by atoms with Crippen LogP contribution in [0.5, 0.6) is 0 Å². The highest BCUT2D eigenvalue weighted by Gasteiger charge is 2.23. The number of nitrogens with zero attached hydrogens (tertiary/aromatic N) is 1. The summed E-state index contributed by atoms with van der Waals surface area (Å²) in [6.07, 6.45) is 12.1. The van der Waals surface area contributed by atoms with Gasteiger partial charge in [-0.2, -0.15) is 0 Å². The Balaban J connectivity index is 0.000000169. The van der Waals surface area contributed by atoms with E-state index in [0.29, 0.717) is 5.57 Å². The van der Waals surface area contributed by atoms with Crippen LogP contribution in [0.15, 0.2) is 93.9 Å². The molecule has 1 heterocycles. The van der Waals surface area contributed by atoms with Crippen LogP contribution in [0.3, 0.4) is 0 Å². The number of halogens is 1. The predicted molar refractivity (Wildman–Crippen MR) is 168 cm³/mol. The van der Waals surface area contributed by atoms with Crippen LogP contribution in [-0.2, 0) is 16.0 Å². The van der Waals surface area contributed by atoms with Gasteiger partial charge in [-0.15, -0.1) is 0 Å². The summed E-state index contributed by atoms with van der Waals surface area (Å²) >= 11 is 3.59. The first kappa shape index (κ1) is 27.1. The number of allylic oxidation sites excluding steroid dienone is 1. The van der Waals surface area contributed by atoms with Crippen LogP contribution in [0.4, 0.5) is 5.69 Å². The normalized spacial score (nSPS) is 16.0. The van der Waals surface area contributed by atoms with E-state index in [9.17, 15) is 4.79 Å². The minimum absolute atomic E-state index is 0.346. The number of carbonyl (C=O) groups is 1. The van der Waals surface area contributed by atoms with Gasteiger partial charge in [0.05, 0.1) is 18.4 Å². The predicted octanol–water partition coefficient (Wildman–Crippen LogP) is 9.74. The first-order valence-electron chi connectivity index (χ1n) is 13.7. The zero-order valence-corrected chi connectivity index (χ0v) is 24.4. The molecule has 1 atom stereocenters. The fourth-order valence-electron chi connectivity index (χ4n) is 5.81. The Hall–Kier alpha value is -3.50. The molecule has 0 fully saturated rings. The number of aryl methyl sites for hydroxylation is 1. The van der Waals surface area contributed by atoms with E-state index in [2.05, 4.69) is 77.2 Å². The molecule has 39 heavy (non-hydrogen) atoms. The molecule has 0 aromatic heterocycles. The Morgan fingerprint density at radius 1 is 1.03 bits per heavy atom. The van der Waals surface area contributed by atoms with Crippen LogP contribution in [0.1, 0.15) is 55.7 Å². The highest BCUT2D eigenvalue weighted by Crippen LogP contribution is 2.41. The van der Waals surface area contributed by atoms with Gasteiger partial charge in [0, 0.05) is 16.3 Å². The summed E-state index contributed by atoms with van der Waals surface area (Å²) in [5, 5.41) is 5.59. The van der Waals surface area contributed by atoms with Gasteiger partial charge in [0.25, 0.3) is 0 Å². The number of carbonyl (C=O) groups excluding carboxylic acids is 1. The largest absolute Gasteiger partial charge is 0.465 e. The third-order valence-electron chi connectivity index (χ3n) is 7.55. The zero-order valence-electron chi connectivity index (χ0n) is 22.8. The van der Waals surface area contributed by atoms with Gasteiger partial charge in [-0.3, -0.25) is 4.99 Å². The molecule has 3 nitrogen and oxygen atoms in total. The van der Waals surface area contributed by atoms with Gasteiger partial charge in [0.15, 0.2) is 0 Å². The smallest absolute Gasteiger partial charge is 0.337 e. The van der Waals surface area contributed by atoms with Crippen molar-refractivity contribution in [3.63, 3.8) is 0 Å². The summed E-state index contributed by atoms with van der Waals surface area (Å²) in [7, 11) is 1.37. The number of aliphatic imine (C=N–C) groups is 1. The van der Waals surface area contributed by atoms with Crippen molar-refractivity contribution < 1.29 is 9.53 Å². The zero-order chi connectivity index (χ0) is 27.4. The topological polar surface area (TPSA) is 38.7 Å². The number of hydrogen-bond donors (Lipinski definition) is 0. The van der Waals surface area contributed by atoms with Gasteiger partial charge >= 0.3 is 5.97 Å². The molecule has 198 valence electrons. The van der Waals surface area contributed by atoms with Gasteiger partial charge in [-0.05, 0) is 107 Å². The van der Waals surface area contributed by atoms with E-state index in [0.717, 1.165) is 27.6 Å². The van der Waals surface area contributed by atoms with Crippen molar-refractivity contribution in [2.45, 2.75) is 45.4 Å². The average molecular weight is 581 g/mol. The molecule has 0 radical (unpaired) electrons. The van der Waals surface area contributed by atoms with E-state index in [-0.39, 0.29) is 5.97 Å². The SMILES string of the molecule is CC(C)CC1CCCc2c1ccc1c2ccc2cc(Br)ccc21.COC(=O)C1=Cc2ccccc2N=CC=C1. The molecule has 1 unspecified atom stereocenters. The summed E-state index contributed by atoms with van der Waals surface area (Å²) in [4.78, 5) is 15.7. The summed E-state index contributed by atoms with van der Waals surface area (Å²) in [6.45, 7) is 4.70. The molecule has 6 rings (SSSR count). The van der Waals surface area contributed by atoms with Crippen molar-refractivity contribution in [3.8, 4) is 0 Å². The van der Waals surface area contributed by atoms with Crippen LogP contribution in [0.2, 0.25) is 0 Å². The Morgan fingerprint density at radius 3 is 2.64 bits per heavy atom. The Kier molecular flexibility index (Phi) is 8.42. The number of para-hydroxylation sites is 1. The van der Waals surface area contributed by atoms with Crippen molar-refractivity contribution in [2.75, 3.05) is 7.11 Å². The second kappa shape index (κ2) is 12.1. The molecular weight excluding hydrogens is 546 g/mol. The van der Waals surface area contributed by atoms with Crippen molar-refractivity contribution >= 4 is 61.4 Å². The molecule has 0 saturated heterocycles. The van der Waals surface area contributed by atoms with E-state index in [4.69, 9.17) is 4.74 Å². The number of rotatable bonds is 3. The molecule has 4 aromatic carbocycles. The van der Waals surface area contributed by atoms with Gasteiger partial charge in [0.2, 0.25) is 0 Å². The lowest BCUT2D eigenvalue weighted by molar-refractivity contribution is -0.135. The number of ether oxygens (including phenoxy) is 1. The maximum Gasteiger partial charge on any atom is 0.337 e. The lowest BCUT2D eigenvalue weighted by Gasteiger charge is -2.28. The molecule has 0 N–H and O–H groups in total. The third-order valence-corrected chi connectivity index (χ3v) is 8.04. The van der Waals surface area contributed by atoms with E-state index < -0.39 is 0 Å². The van der Waals surface area contributed by atoms with E-state index in [1.54, 1.807) is 35.6 Å². The first-order valence-corrected chi connectivity index (χ1v) is 14.5. The molecule has 1 aliphatic heterocycles. The summed E-state index contributed by atoms with van der Waals surface area (Å²) < 4.78 is 5.85. The van der Waals surface area contributed by atoms with Gasteiger partial charge < -0.3 is 4.74 Å². The van der Waals surface area contributed by atoms with E-state index in [1.165, 1.54) is 54.3 Å². The third kappa shape index (κ3) is 6.07. The minimum atomic E-state index is -0.346. The quantitative estimate of drug-likeness (QED) is 0.179. The van der Waals surface area contributed by atoms with Gasteiger partial charge in [-0.1, -0.05) is 78.3 Å². The highest BCUT2D eigenvalue weighted by molar-refractivity contribution is 9.10.